The van der Waals surface area contributed by atoms with E-state index in [-0.39, 0.29) is 15.7 Å². The molecule has 1 N–H and O–H groups in total. The van der Waals surface area contributed by atoms with E-state index in [1.54, 1.807) is 42.0 Å². The molecule has 0 saturated carbocycles. The first-order chi connectivity index (χ1) is 16.3. The molecule has 34 heavy (non-hydrogen) atoms. The van der Waals surface area contributed by atoms with Gasteiger partial charge in [-0.15, -0.1) is 11.3 Å². The number of anilines is 1. The van der Waals surface area contributed by atoms with Gasteiger partial charge in [0.1, 0.15) is 10.7 Å². The number of nitrogens with zero attached hydrogens (tertiary/aromatic N) is 1. The minimum absolute atomic E-state index is 0.0323. The zero-order valence-electron chi connectivity index (χ0n) is 18.5. The molecule has 5 nitrogen and oxygen atoms in total. The molecule has 4 aromatic rings. The summed E-state index contributed by atoms with van der Waals surface area (Å²) in [4.78, 5) is 4.71. The molecule has 1 heterocycles. The Morgan fingerprint density at radius 2 is 1.88 bits per heavy atom. The number of halogens is 2. The van der Waals surface area contributed by atoms with Crippen molar-refractivity contribution in [3.63, 3.8) is 0 Å². The second-order valence-electron chi connectivity index (χ2n) is 7.57. The average molecular weight is 517 g/mol. The predicted octanol–water partition coefficient (Wildman–Crippen LogP) is 7.03. The number of aromatic nitrogens is 1. The van der Waals surface area contributed by atoms with Gasteiger partial charge in [-0.25, -0.2) is 12.8 Å². The molecule has 0 unspecified atom stereocenters. The Kier molecular flexibility index (Phi) is 7.21. The van der Waals surface area contributed by atoms with E-state index < -0.39 is 15.8 Å². The number of hydrogen-bond acceptors (Lipinski definition) is 5. The van der Waals surface area contributed by atoms with Crippen molar-refractivity contribution in [2.45, 2.75) is 24.7 Å². The standard InChI is InChI=1S/C25H22ClFN2O3S2/c1-3-7-17-11-21(27)19(16-8-5-4-6-9-16)13-22(17)29-34(30,31)24-12-18(23-14-28-15-33-23)10-20(26)25(24)32-2/h4-6,8-15,29H,3,7H2,1-2H3. The SMILES string of the molecule is CCCc1cc(F)c(-c2ccccc2)cc1NS(=O)(=O)c1cc(-c2cncs2)cc(Cl)c1OC. The van der Waals surface area contributed by atoms with Gasteiger partial charge in [0, 0.05) is 11.8 Å². The molecule has 9 heteroatoms. The number of thiazole rings is 1. The summed E-state index contributed by atoms with van der Waals surface area (Å²) in [7, 11) is -2.78. The van der Waals surface area contributed by atoms with Crippen LogP contribution in [0.5, 0.6) is 5.75 Å². The molecule has 1 aromatic heterocycles. The van der Waals surface area contributed by atoms with Crippen LogP contribution in [0.1, 0.15) is 18.9 Å². The minimum Gasteiger partial charge on any atom is -0.494 e. The monoisotopic (exact) mass is 516 g/mol. The third kappa shape index (κ3) is 4.94. The Morgan fingerprint density at radius 3 is 2.53 bits per heavy atom. The third-order valence-electron chi connectivity index (χ3n) is 5.26. The van der Waals surface area contributed by atoms with Crippen LogP contribution in [0.25, 0.3) is 21.6 Å². The van der Waals surface area contributed by atoms with Gasteiger partial charge in [-0.05, 0) is 47.4 Å². The highest BCUT2D eigenvalue weighted by atomic mass is 35.5. The van der Waals surface area contributed by atoms with Crippen molar-refractivity contribution in [1.82, 2.24) is 4.98 Å². The Labute approximate surface area is 207 Å². The highest BCUT2D eigenvalue weighted by molar-refractivity contribution is 7.92. The topological polar surface area (TPSA) is 68.3 Å². The summed E-state index contributed by atoms with van der Waals surface area (Å²) in [5, 5.41) is 0.159. The molecule has 0 fully saturated rings. The fourth-order valence-corrected chi connectivity index (χ4v) is 5.96. The van der Waals surface area contributed by atoms with Gasteiger partial charge in [0.25, 0.3) is 10.0 Å². The largest absolute Gasteiger partial charge is 0.494 e. The molecule has 176 valence electrons. The van der Waals surface area contributed by atoms with Crippen LogP contribution in [-0.2, 0) is 16.4 Å². The second kappa shape index (κ2) is 10.1. The highest BCUT2D eigenvalue weighted by Crippen LogP contribution is 2.39. The second-order valence-corrected chi connectivity index (χ2v) is 10.5. The summed E-state index contributed by atoms with van der Waals surface area (Å²) in [6.07, 6.45) is 2.86. The van der Waals surface area contributed by atoms with Crippen LogP contribution in [0.15, 0.2) is 71.2 Å². The van der Waals surface area contributed by atoms with Crippen LogP contribution in [0.4, 0.5) is 10.1 Å². The molecule has 0 spiro atoms. The molecule has 3 aromatic carbocycles. The van der Waals surface area contributed by atoms with E-state index in [0.29, 0.717) is 34.4 Å². The van der Waals surface area contributed by atoms with Crippen molar-refractivity contribution in [3.8, 4) is 27.3 Å². The molecular weight excluding hydrogens is 495 g/mol. The van der Waals surface area contributed by atoms with Crippen LogP contribution >= 0.6 is 22.9 Å². The molecule has 0 saturated heterocycles. The number of rotatable bonds is 8. The van der Waals surface area contributed by atoms with Crippen LogP contribution in [0.3, 0.4) is 0 Å². The fraction of sp³-hybridized carbons (Fsp3) is 0.160. The predicted molar refractivity (Wildman–Crippen MR) is 136 cm³/mol. The van der Waals surface area contributed by atoms with Crippen LogP contribution in [0.2, 0.25) is 5.02 Å². The molecular formula is C25H22ClFN2O3S2. The Hall–Kier alpha value is -2.94. The van der Waals surface area contributed by atoms with Gasteiger partial charge in [-0.1, -0.05) is 55.3 Å². The number of hydrogen-bond donors (Lipinski definition) is 1. The number of benzene rings is 3. The van der Waals surface area contributed by atoms with Gasteiger partial charge in [-0.3, -0.25) is 9.71 Å². The van der Waals surface area contributed by atoms with E-state index >= 15 is 0 Å². The summed E-state index contributed by atoms with van der Waals surface area (Å²) in [5.74, 6) is -0.379. The summed E-state index contributed by atoms with van der Waals surface area (Å²) < 4.78 is 50.1. The van der Waals surface area contributed by atoms with Gasteiger partial charge in [0.2, 0.25) is 0 Å². The first-order valence-corrected chi connectivity index (χ1v) is 13.2. The van der Waals surface area contributed by atoms with Crippen molar-refractivity contribution in [2.24, 2.45) is 0 Å². The number of sulfonamides is 1. The van der Waals surface area contributed by atoms with Gasteiger partial charge in [0.05, 0.1) is 28.2 Å². The molecule has 0 amide bonds. The van der Waals surface area contributed by atoms with E-state index in [4.69, 9.17) is 16.3 Å². The summed E-state index contributed by atoms with van der Waals surface area (Å²) in [6.45, 7) is 1.95. The average Bonchev–Trinajstić information content (AvgIpc) is 3.36. The number of methoxy groups -OCH3 is 1. The van der Waals surface area contributed by atoms with Crippen LogP contribution in [-0.4, -0.2) is 20.5 Å². The molecule has 4 rings (SSSR count). The first kappa shape index (κ1) is 24.2. The van der Waals surface area contributed by atoms with Crippen LogP contribution in [0, 0.1) is 5.82 Å². The number of nitrogens with one attached hydrogen (secondary N) is 1. The number of ether oxygens (including phenoxy) is 1. The van der Waals surface area contributed by atoms with E-state index in [1.165, 1.54) is 36.6 Å². The molecule has 0 aliphatic heterocycles. The van der Waals surface area contributed by atoms with Crippen molar-refractivity contribution in [1.29, 1.82) is 0 Å². The lowest BCUT2D eigenvalue weighted by atomic mass is 10.00. The Bertz CT molecular complexity index is 1410. The lowest BCUT2D eigenvalue weighted by Crippen LogP contribution is -2.16. The van der Waals surface area contributed by atoms with Crippen molar-refractivity contribution in [2.75, 3.05) is 11.8 Å². The van der Waals surface area contributed by atoms with Gasteiger partial charge in [-0.2, -0.15) is 0 Å². The molecule has 0 bridgehead atoms. The Morgan fingerprint density at radius 1 is 1.12 bits per heavy atom. The van der Waals surface area contributed by atoms with E-state index in [1.807, 2.05) is 13.0 Å². The maximum absolute atomic E-state index is 15.0. The molecule has 0 radical (unpaired) electrons. The normalized spacial score (nSPS) is 11.4. The molecule has 0 aliphatic carbocycles. The summed E-state index contributed by atoms with van der Waals surface area (Å²) in [5.41, 5.74) is 4.08. The molecule has 0 aliphatic rings. The summed E-state index contributed by atoms with van der Waals surface area (Å²) in [6, 6.07) is 15.1. The third-order valence-corrected chi connectivity index (χ3v) is 7.74. The van der Waals surface area contributed by atoms with Crippen molar-refractivity contribution < 1.29 is 17.5 Å². The summed E-state index contributed by atoms with van der Waals surface area (Å²) >= 11 is 7.75. The van der Waals surface area contributed by atoms with Gasteiger partial charge >= 0.3 is 0 Å². The van der Waals surface area contributed by atoms with Gasteiger partial charge in [0.15, 0.2) is 5.75 Å². The maximum Gasteiger partial charge on any atom is 0.265 e. The van der Waals surface area contributed by atoms with E-state index in [2.05, 4.69) is 9.71 Å². The van der Waals surface area contributed by atoms with E-state index in [9.17, 15) is 12.8 Å². The van der Waals surface area contributed by atoms with Crippen molar-refractivity contribution >= 4 is 38.6 Å². The minimum atomic E-state index is -4.14. The number of aryl methyl sites for hydroxylation is 1. The zero-order valence-corrected chi connectivity index (χ0v) is 20.9. The van der Waals surface area contributed by atoms with E-state index in [0.717, 1.165) is 11.3 Å². The highest BCUT2D eigenvalue weighted by Gasteiger charge is 2.25. The maximum atomic E-state index is 15.0. The fourth-order valence-electron chi connectivity index (χ4n) is 3.69. The quantitative estimate of drug-likeness (QED) is 0.273. The van der Waals surface area contributed by atoms with Crippen molar-refractivity contribution in [3.05, 3.63) is 82.7 Å². The first-order valence-electron chi connectivity index (χ1n) is 10.5. The smallest absolute Gasteiger partial charge is 0.265 e. The van der Waals surface area contributed by atoms with Crippen LogP contribution < -0.4 is 9.46 Å². The Balaban J connectivity index is 1.83. The lowest BCUT2D eigenvalue weighted by molar-refractivity contribution is 0.403. The van der Waals surface area contributed by atoms with Gasteiger partial charge < -0.3 is 4.74 Å². The lowest BCUT2D eigenvalue weighted by Gasteiger charge is -2.17. The zero-order chi connectivity index (χ0) is 24.3. The molecule has 0 atom stereocenters.